The van der Waals surface area contributed by atoms with Crippen LogP contribution in [0.2, 0.25) is 0 Å². The molecular formula is C12H22N2O2. The minimum absolute atomic E-state index is 0.00403. The molecule has 0 amide bonds. The Morgan fingerprint density at radius 3 is 2.81 bits per heavy atom. The van der Waals surface area contributed by atoms with Gasteiger partial charge >= 0.3 is 0 Å². The zero-order valence-electron chi connectivity index (χ0n) is 10.2. The molecule has 1 aliphatic carbocycles. The average molecular weight is 226 g/mol. The van der Waals surface area contributed by atoms with Crippen molar-refractivity contribution < 1.29 is 9.47 Å². The van der Waals surface area contributed by atoms with Crippen molar-refractivity contribution in [2.75, 3.05) is 34.0 Å². The summed E-state index contributed by atoms with van der Waals surface area (Å²) in [5.74, 6) is 0. The fourth-order valence-electron chi connectivity index (χ4n) is 1.69. The number of methoxy groups -OCH3 is 1. The minimum Gasteiger partial charge on any atom is -0.399 e. The largest absolute Gasteiger partial charge is 0.399 e. The molecule has 16 heavy (non-hydrogen) atoms. The van der Waals surface area contributed by atoms with E-state index in [-0.39, 0.29) is 5.54 Å². The highest BCUT2D eigenvalue weighted by Crippen LogP contribution is 2.22. The van der Waals surface area contributed by atoms with E-state index in [1.807, 2.05) is 19.2 Å². The van der Waals surface area contributed by atoms with E-state index in [1.165, 1.54) is 0 Å². The Morgan fingerprint density at radius 1 is 1.44 bits per heavy atom. The molecule has 0 aliphatic heterocycles. The van der Waals surface area contributed by atoms with Gasteiger partial charge in [-0.2, -0.15) is 0 Å². The van der Waals surface area contributed by atoms with Crippen LogP contribution in [0, 0.1) is 0 Å². The van der Waals surface area contributed by atoms with Gasteiger partial charge in [0.1, 0.15) is 0 Å². The summed E-state index contributed by atoms with van der Waals surface area (Å²) in [7, 11) is 3.64. The SMILES string of the molecule is CNC1(CCOCCOC)C=CC(N)=CC1. The van der Waals surface area contributed by atoms with Gasteiger partial charge in [-0.3, -0.25) is 0 Å². The first kappa shape index (κ1) is 13.2. The molecule has 0 aromatic rings. The number of hydrogen-bond donors (Lipinski definition) is 2. The van der Waals surface area contributed by atoms with Crippen LogP contribution in [0.4, 0.5) is 0 Å². The molecule has 1 unspecified atom stereocenters. The molecule has 3 N–H and O–H groups in total. The van der Waals surface area contributed by atoms with Crippen molar-refractivity contribution in [3.63, 3.8) is 0 Å². The molecule has 0 heterocycles. The van der Waals surface area contributed by atoms with Gasteiger partial charge in [-0.15, -0.1) is 0 Å². The van der Waals surface area contributed by atoms with Gasteiger partial charge in [0, 0.05) is 25.0 Å². The lowest BCUT2D eigenvalue weighted by molar-refractivity contribution is 0.0620. The third-order valence-corrected chi connectivity index (χ3v) is 2.92. The second-order valence-electron chi connectivity index (χ2n) is 4.00. The first-order chi connectivity index (χ1) is 7.72. The summed E-state index contributed by atoms with van der Waals surface area (Å²) in [4.78, 5) is 0. The Labute approximate surface area is 97.5 Å². The highest BCUT2D eigenvalue weighted by atomic mass is 16.5. The molecule has 4 heteroatoms. The zero-order valence-corrected chi connectivity index (χ0v) is 10.2. The van der Waals surface area contributed by atoms with Gasteiger partial charge in [-0.05, 0) is 26.0 Å². The smallest absolute Gasteiger partial charge is 0.0700 e. The molecule has 0 fully saturated rings. The summed E-state index contributed by atoms with van der Waals surface area (Å²) >= 11 is 0. The predicted molar refractivity (Wildman–Crippen MR) is 65.1 cm³/mol. The fraction of sp³-hybridized carbons (Fsp3) is 0.667. The molecular weight excluding hydrogens is 204 g/mol. The number of ether oxygens (including phenoxy) is 2. The Balaban J connectivity index is 2.30. The Bertz CT molecular complexity index is 264. The second-order valence-corrected chi connectivity index (χ2v) is 4.00. The maximum atomic E-state index is 5.70. The van der Waals surface area contributed by atoms with E-state index in [0.29, 0.717) is 13.2 Å². The van der Waals surface area contributed by atoms with Crippen molar-refractivity contribution in [2.24, 2.45) is 5.73 Å². The third-order valence-electron chi connectivity index (χ3n) is 2.92. The predicted octanol–water partition coefficient (Wildman–Crippen LogP) is 0.800. The van der Waals surface area contributed by atoms with Crippen molar-refractivity contribution in [1.29, 1.82) is 0 Å². The van der Waals surface area contributed by atoms with Crippen LogP contribution in [0.15, 0.2) is 23.9 Å². The van der Waals surface area contributed by atoms with E-state index in [9.17, 15) is 0 Å². The summed E-state index contributed by atoms with van der Waals surface area (Å²) < 4.78 is 10.4. The lowest BCUT2D eigenvalue weighted by Crippen LogP contribution is -2.43. The van der Waals surface area contributed by atoms with E-state index in [2.05, 4.69) is 11.4 Å². The van der Waals surface area contributed by atoms with E-state index in [1.54, 1.807) is 7.11 Å². The molecule has 4 nitrogen and oxygen atoms in total. The lowest BCUT2D eigenvalue weighted by atomic mass is 9.87. The quantitative estimate of drug-likeness (QED) is 0.630. The van der Waals surface area contributed by atoms with Crippen molar-refractivity contribution in [3.05, 3.63) is 23.9 Å². The topological polar surface area (TPSA) is 56.5 Å². The van der Waals surface area contributed by atoms with Gasteiger partial charge in [0.25, 0.3) is 0 Å². The van der Waals surface area contributed by atoms with Crippen LogP contribution in [-0.4, -0.2) is 39.5 Å². The number of allylic oxidation sites excluding steroid dienone is 1. The van der Waals surface area contributed by atoms with E-state index in [0.717, 1.165) is 25.1 Å². The van der Waals surface area contributed by atoms with E-state index in [4.69, 9.17) is 15.2 Å². The summed E-state index contributed by atoms with van der Waals surface area (Å²) in [6.45, 7) is 2.02. The highest BCUT2D eigenvalue weighted by Gasteiger charge is 2.25. The maximum Gasteiger partial charge on any atom is 0.0700 e. The van der Waals surface area contributed by atoms with Crippen LogP contribution in [-0.2, 0) is 9.47 Å². The van der Waals surface area contributed by atoms with Gasteiger partial charge < -0.3 is 20.5 Å². The Kier molecular flexibility index (Phi) is 5.52. The van der Waals surface area contributed by atoms with E-state index >= 15 is 0 Å². The third kappa shape index (κ3) is 3.96. The fourth-order valence-corrected chi connectivity index (χ4v) is 1.69. The summed E-state index contributed by atoms with van der Waals surface area (Å²) in [6, 6.07) is 0. The number of nitrogens with one attached hydrogen (secondary N) is 1. The van der Waals surface area contributed by atoms with Crippen LogP contribution in [0.5, 0.6) is 0 Å². The normalized spacial score (nSPS) is 24.5. The zero-order chi connectivity index (χ0) is 11.9. The molecule has 0 aromatic heterocycles. The summed E-state index contributed by atoms with van der Waals surface area (Å²) in [6.07, 6.45) is 7.98. The molecule has 1 aliphatic rings. The standard InChI is InChI=1S/C12H22N2O2/c1-14-12(5-3-11(13)4-6-12)7-8-16-10-9-15-2/h3-5,14H,6-10,13H2,1-2H3. The first-order valence-electron chi connectivity index (χ1n) is 5.63. The molecule has 92 valence electrons. The molecule has 0 spiro atoms. The maximum absolute atomic E-state index is 5.70. The molecule has 0 aromatic carbocycles. The van der Waals surface area contributed by atoms with Gasteiger partial charge in [-0.25, -0.2) is 0 Å². The van der Waals surface area contributed by atoms with Crippen LogP contribution in [0.1, 0.15) is 12.8 Å². The minimum atomic E-state index is -0.00403. The molecule has 1 atom stereocenters. The summed E-state index contributed by atoms with van der Waals surface area (Å²) in [5, 5.41) is 3.33. The van der Waals surface area contributed by atoms with Crippen LogP contribution in [0.25, 0.3) is 0 Å². The molecule has 0 saturated carbocycles. The number of hydrogen-bond acceptors (Lipinski definition) is 4. The Morgan fingerprint density at radius 2 is 2.25 bits per heavy atom. The monoisotopic (exact) mass is 226 g/mol. The van der Waals surface area contributed by atoms with Crippen molar-refractivity contribution in [3.8, 4) is 0 Å². The van der Waals surface area contributed by atoms with Crippen LogP contribution >= 0.6 is 0 Å². The molecule has 1 rings (SSSR count). The Hall–Kier alpha value is -0.840. The van der Waals surface area contributed by atoms with Gasteiger partial charge in [0.2, 0.25) is 0 Å². The van der Waals surface area contributed by atoms with Crippen molar-refractivity contribution in [1.82, 2.24) is 5.32 Å². The van der Waals surface area contributed by atoms with Crippen LogP contribution in [0.3, 0.4) is 0 Å². The number of likely N-dealkylation sites (N-methyl/N-ethyl adjacent to an activating group) is 1. The number of nitrogens with two attached hydrogens (primary N) is 1. The highest BCUT2D eigenvalue weighted by molar-refractivity contribution is 5.27. The molecule has 0 radical (unpaired) electrons. The van der Waals surface area contributed by atoms with Crippen molar-refractivity contribution in [2.45, 2.75) is 18.4 Å². The molecule has 0 bridgehead atoms. The van der Waals surface area contributed by atoms with Gasteiger partial charge in [0.15, 0.2) is 0 Å². The number of rotatable bonds is 7. The van der Waals surface area contributed by atoms with E-state index < -0.39 is 0 Å². The first-order valence-corrected chi connectivity index (χ1v) is 5.63. The van der Waals surface area contributed by atoms with Gasteiger partial charge in [0.05, 0.1) is 13.2 Å². The average Bonchev–Trinajstić information content (AvgIpc) is 2.32. The van der Waals surface area contributed by atoms with Crippen molar-refractivity contribution >= 4 is 0 Å². The lowest BCUT2D eigenvalue weighted by Gasteiger charge is -2.31. The van der Waals surface area contributed by atoms with Crippen LogP contribution < -0.4 is 11.1 Å². The van der Waals surface area contributed by atoms with Gasteiger partial charge in [-0.1, -0.05) is 12.2 Å². The molecule has 0 saturated heterocycles. The summed E-state index contributed by atoms with van der Waals surface area (Å²) in [5.41, 5.74) is 6.54. The second kappa shape index (κ2) is 6.68.